The van der Waals surface area contributed by atoms with Crippen LogP contribution in [0.25, 0.3) is 0 Å². The van der Waals surface area contributed by atoms with E-state index < -0.39 is 0 Å². The zero-order valence-corrected chi connectivity index (χ0v) is 13.0. The van der Waals surface area contributed by atoms with Crippen LogP contribution in [0.5, 0.6) is 0 Å². The minimum absolute atomic E-state index is 0.554. The Kier molecular flexibility index (Phi) is 7.25. The molecule has 0 atom stereocenters. The van der Waals surface area contributed by atoms with Gasteiger partial charge < -0.3 is 20.1 Å². The molecule has 2 N–H and O–H groups in total. The van der Waals surface area contributed by atoms with Gasteiger partial charge in [-0.25, -0.2) is 9.97 Å². The second-order valence-corrected chi connectivity index (χ2v) is 4.70. The Balaban J connectivity index is 3.02. The fraction of sp³-hybridized carbons (Fsp3) is 0.714. The molecule has 0 unspecified atom stereocenters. The number of rotatable bonds is 9. The van der Waals surface area contributed by atoms with Crippen LogP contribution < -0.4 is 10.6 Å². The lowest BCUT2D eigenvalue weighted by atomic mass is 10.2. The molecule has 0 aliphatic heterocycles. The summed E-state index contributed by atoms with van der Waals surface area (Å²) in [5.41, 5.74) is 6.92. The molecule has 0 bridgehead atoms. The summed E-state index contributed by atoms with van der Waals surface area (Å²) < 4.78 is 10.3. The number of ether oxygens (including phenoxy) is 2. The summed E-state index contributed by atoms with van der Waals surface area (Å²) >= 11 is 0. The highest BCUT2D eigenvalue weighted by Crippen LogP contribution is 2.22. The number of methoxy groups -OCH3 is 2. The molecule has 0 amide bonds. The highest BCUT2D eigenvalue weighted by atomic mass is 16.5. The van der Waals surface area contributed by atoms with E-state index in [4.69, 9.17) is 15.2 Å². The molecule has 6 nitrogen and oxygen atoms in total. The maximum Gasteiger partial charge on any atom is 0.137 e. The normalized spacial score (nSPS) is 10.8. The van der Waals surface area contributed by atoms with Crippen molar-refractivity contribution in [2.24, 2.45) is 0 Å². The summed E-state index contributed by atoms with van der Waals surface area (Å²) in [5.74, 6) is 2.23. The van der Waals surface area contributed by atoms with Crippen LogP contribution in [-0.4, -0.2) is 50.5 Å². The van der Waals surface area contributed by atoms with Gasteiger partial charge in [-0.3, -0.25) is 0 Å². The van der Waals surface area contributed by atoms with Gasteiger partial charge in [0.15, 0.2) is 0 Å². The van der Waals surface area contributed by atoms with Crippen LogP contribution in [0.15, 0.2) is 0 Å². The Morgan fingerprint density at radius 3 is 2.20 bits per heavy atom. The van der Waals surface area contributed by atoms with Crippen molar-refractivity contribution < 1.29 is 9.47 Å². The molecule has 1 rings (SSSR count). The van der Waals surface area contributed by atoms with Gasteiger partial charge in [0.2, 0.25) is 0 Å². The topological polar surface area (TPSA) is 73.5 Å². The van der Waals surface area contributed by atoms with Crippen LogP contribution in [-0.2, 0) is 15.9 Å². The van der Waals surface area contributed by atoms with E-state index in [1.807, 2.05) is 6.92 Å². The molecule has 0 aromatic carbocycles. The minimum Gasteiger partial charge on any atom is -0.383 e. The molecule has 1 heterocycles. The molecule has 0 aliphatic rings. The summed E-state index contributed by atoms with van der Waals surface area (Å²) in [6, 6.07) is 0. The largest absolute Gasteiger partial charge is 0.383 e. The summed E-state index contributed by atoms with van der Waals surface area (Å²) in [6.07, 6.45) is 1.83. The number of aryl methyl sites for hydroxylation is 1. The predicted octanol–water partition coefficient (Wildman–Crippen LogP) is 1.42. The minimum atomic E-state index is 0.554. The third-order valence-corrected chi connectivity index (χ3v) is 3.11. The zero-order chi connectivity index (χ0) is 15.0. The third-order valence-electron chi connectivity index (χ3n) is 3.11. The van der Waals surface area contributed by atoms with Crippen molar-refractivity contribution in [2.75, 3.05) is 51.2 Å². The van der Waals surface area contributed by atoms with Gasteiger partial charge in [-0.15, -0.1) is 0 Å². The molecule has 0 aliphatic carbocycles. The van der Waals surface area contributed by atoms with Crippen LogP contribution in [0.1, 0.15) is 24.7 Å². The number of nitrogens with zero attached hydrogens (tertiary/aromatic N) is 3. The van der Waals surface area contributed by atoms with Crippen molar-refractivity contribution in [3.63, 3.8) is 0 Å². The molecule has 1 aromatic rings. The van der Waals surface area contributed by atoms with E-state index in [0.717, 1.165) is 43.1 Å². The van der Waals surface area contributed by atoms with E-state index in [9.17, 15) is 0 Å². The quantitative estimate of drug-likeness (QED) is 0.738. The Labute approximate surface area is 121 Å². The van der Waals surface area contributed by atoms with E-state index in [2.05, 4.69) is 21.8 Å². The van der Waals surface area contributed by atoms with E-state index in [1.165, 1.54) is 0 Å². The number of nitrogen functional groups attached to an aromatic ring is 1. The number of hydrogen-bond donors (Lipinski definition) is 1. The van der Waals surface area contributed by atoms with Gasteiger partial charge in [0.05, 0.1) is 13.2 Å². The number of hydrogen-bond acceptors (Lipinski definition) is 6. The highest BCUT2D eigenvalue weighted by molar-refractivity contribution is 5.56. The second kappa shape index (κ2) is 8.71. The second-order valence-electron chi connectivity index (χ2n) is 4.70. The Morgan fingerprint density at radius 2 is 1.70 bits per heavy atom. The first-order valence-corrected chi connectivity index (χ1v) is 6.99. The lowest BCUT2D eigenvalue weighted by Gasteiger charge is -2.25. The van der Waals surface area contributed by atoms with Crippen LogP contribution in [0.2, 0.25) is 0 Å². The molecule has 0 saturated heterocycles. The number of nitrogens with two attached hydrogens (primary N) is 1. The van der Waals surface area contributed by atoms with Crippen molar-refractivity contribution in [2.45, 2.75) is 26.7 Å². The number of aromatic nitrogens is 2. The summed E-state index contributed by atoms with van der Waals surface area (Å²) in [7, 11) is 3.39. The first-order chi connectivity index (χ1) is 9.63. The van der Waals surface area contributed by atoms with Crippen molar-refractivity contribution in [3.8, 4) is 0 Å². The van der Waals surface area contributed by atoms with Crippen molar-refractivity contribution in [3.05, 3.63) is 11.4 Å². The van der Waals surface area contributed by atoms with Gasteiger partial charge in [0.25, 0.3) is 0 Å². The molecule has 0 spiro atoms. The fourth-order valence-corrected chi connectivity index (χ4v) is 1.94. The first-order valence-electron chi connectivity index (χ1n) is 6.99. The van der Waals surface area contributed by atoms with Crippen molar-refractivity contribution in [1.29, 1.82) is 0 Å². The summed E-state index contributed by atoms with van der Waals surface area (Å²) in [6.45, 7) is 6.83. The number of anilines is 2. The van der Waals surface area contributed by atoms with Crippen LogP contribution >= 0.6 is 0 Å². The first kappa shape index (κ1) is 16.7. The van der Waals surface area contributed by atoms with Crippen LogP contribution in [0, 0.1) is 6.92 Å². The van der Waals surface area contributed by atoms with E-state index in [-0.39, 0.29) is 0 Å². The molecule has 0 fully saturated rings. The molecule has 6 heteroatoms. The van der Waals surface area contributed by atoms with Crippen LogP contribution in [0.3, 0.4) is 0 Å². The fourth-order valence-electron chi connectivity index (χ4n) is 1.94. The van der Waals surface area contributed by atoms with Crippen molar-refractivity contribution in [1.82, 2.24) is 9.97 Å². The van der Waals surface area contributed by atoms with Gasteiger partial charge in [-0.05, 0) is 13.3 Å². The standard InChI is InChI=1S/C14H26N4O2/c1-5-6-12-16-13(15)11(2)14(17-12)18(7-9-19-3)8-10-20-4/h5-10H2,1-4H3,(H2,15,16,17). The van der Waals surface area contributed by atoms with Gasteiger partial charge >= 0.3 is 0 Å². The molecule has 114 valence electrons. The SMILES string of the molecule is CCCc1nc(N)c(C)c(N(CCOC)CCOC)n1. The van der Waals surface area contributed by atoms with E-state index in [1.54, 1.807) is 14.2 Å². The average molecular weight is 282 g/mol. The third kappa shape index (κ3) is 4.61. The predicted molar refractivity (Wildman–Crippen MR) is 81.1 cm³/mol. The molecule has 1 aromatic heterocycles. The van der Waals surface area contributed by atoms with Crippen molar-refractivity contribution >= 4 is 11.6 Å². The smallest absolute Gasteiger partial charge is 0.137 e. The highest BCUT2D eigenvalue weighted by Gasteiger charge is 2.15. The zero-order valence-electron chi connectivity index (χ0n) is 13.0. The molecule has 0 radical (unpaired) electrons. The molecular weight excluding hydrogens is 256 g/mol. The van der Waals surface area contributed by atoms with Gasteiger partial charge in [-0.1, -0.05) is 6.92 Å². The van der Waals surface area contributed by atoms with E-state index >= 15 is 0 Å². The molecule has 20 heavy (non-hydrogen) atoms. The maximum absolute atomic E-state index is 6.01. The Bertz CT molecular complexity index is 404. The summed E-state index contributed by atoms with van der Waals surface area (Å²) in [5, 5.41) is 0. The lowest BCUT2D eigenvalue weighted by Crippen LogP contribution is -2.32. The maximum atomic E-state index is 6.01. The Hall–Kier alpha value is -1.40. The average Bonchev–Trinajstić information content (AvgIpc) is 2.43. The van der Waals surface area contributed by atoms with Crippen LogP contribution in [0.4, 0.5) is 11.6 Å². The molecule has 0 saturated carbocycles. The lowest BCUT2D eigenvalue weighted by molar-refractivity contribution is 0.190. The molecular formula is C14H26N4O2. The van der Waals surface area contributed by atoms with E-state index in [0.29, 0.717) is 19.0 Å². The van der Waals surface area contributed by atoms with Gasteiger partial charge in [-0.2, -0.15) is 0 Å². The summed E-state index contributed by atoms with van der Waals surface area (Å²) in [4.78, 5) is 11.1. The monoisotopic (exact) mass is 282 g/mol. The Morgan fingerprint density at radius 1 is 1.10 bits per heavy atom. The van der Waals surface area contributed by atoms with Gasteiger partial charge in [0, 0.05) is 39.3 Å². The van der Waals surface area contributed by atoms with Gasteiger partial charge in [0.1, 0.15) is 17.5 Å².